The van der Waals surface area contributed by atoms with E-state index in [9.17, 15) is 9.59 Å². The Hall–Kier alpha value is -2.19. The zero-order chi connectivity index (χ0) is 16.8. The highest BCUT2D eigenvalue weighted by molar-refractivity contribution is 6.23. The van der Waals surface area contributed by atoms with Gasteiger partial charge in [0.05, 0.1) is 7.11 Å². The molecule has 0 aliphatic heterocycles. The van der Waals surface area contributed by atoms with Gasteiger partial charge in [0.25, 0.3) is 5.91 Å². The van der Waals surface area contributed by atoms with Gasteiger partial charge in [-0.05, 0) is 18.1 Å². The molecule has 0 aliphatic rings. The van der Waals surface area contributed by atoms with Crippen molar-refractivity contribution in [2.24, 2.45) is 5.41 Å². The maximum Gasteiger partial charge on any atom is 0.341 e. The lowest BCUT2D eigenvalue weighted by Crippen LogP contribution is -2.30. The molecule has 0 bridgehead atoms. The molecule has 22 heavy (non-hydrogen) atoms. The van der Waals surface area contributed by atoms with E-state index in [-0.39, 0.29) is 12.5 Å². The van der Waals surface area contributed by atoms with Gasteiger partial charge in [-0.1, -0.05) is 32.9 Å². The zero-order valence-corrected chi connectivity index (χ0v) is 13.7. The fraction of sp³-hybridized carbons (Fsp3) is 0.375. The summed E-state index contributed by atoms with van der Waals surface area (Å²) in [6.45, 7) is 5.22. The van der Waals surface area contributed by atoms with Crippen LogP contribution in [0, 0.1) is 17.4 Å². The highest BCUT2D eigenvalue weighted by Gasteiger charge is 2.25. The molecule has 0 radical (unpaired) electrons. The number of ether oxygens (including phenoxy) is 2. The number of esters is 1. The first-order chi connectivity index (χ1) is 10.3. The third kappa shape index (κ3) is 4.97. The van der Waals surface area contributed by atoms with E-state index in [0.29, 0.717) is 11.3 Å². The number of amides is 1. The van der Waals surface area contributed by atoms with E-state index >= 15 is 0 Å². The van der Waals surface area contributed by atoms with Crippen LogP contribution in [-0.4, -0.2) is 30.0 Å². The first-order valence-electron chi connectivity index (χ1n) is 6.56. The number of nitrogens with zero attached hydrogens (tertiary/aromatic N) is 1. The first-order valence-corrected chi connectivity index (χ1v) is 6.90. The van der Waals surface area contributed by atoms with Gasteiger partial charge in [-0.3, -0.25) is 4.79 Å². The molecule has 0 saturated carbocycles. The Morgan fingerprint density at radius 1 is 1.27 bits per heavy atom. The number of benzene rings is 1. The lowest BCUT2D eigenvalue weighted by Gasteiger charge is -2.18. The second kappa shape index (κ2) is 7.71. The van der Waals surface area contributed by atoms with Crippen molar-refractivity contribution >= 4 is 23.7 Å². The lowest BCUT2D eigenvalue weighted by atomic mass is 9.96. The van der Waals surface area contributed by atoms with Crippen molar-refractivity contribution in [1.82, 2.24) is 4.42 Å². The summed E-state index contributed by atoms with van der Waals surface area (Å²) in [6, 6.07) is 9.13. The first kappa shape index (κ1) is 17.9. The van der Waals surface area contributed by atoms with Crippen LogP contribution < -0.4 is 4.74 Å². The van der Waals surface area contributed by atoms with E-state index in [1.54, 1.807) is 45.0 Å². The van der Waals surface area contributed by atoms with E-state index < -0.39 is 11.4 Å². The fourth-order valence-electron chi connectivity index (χ4n) is 1.43. The minimum Gasteiger partial charge on any atom is -0.480 e. The molecule has 0 aromatic heterocycles. The van der Waals surface area contributed by atoms with Gasteiger partial charge >= 0.3 is 5.97 Å². The highest BCUT2D eigenvalue weighted by Crippen LogP contribution is 2.19. The molecular formula is C16H18ClNO4. The average molecular weight is 324 g/mol. The predicted octanol–water partition coefficient (Wildman–Crippen LogP) is 2.84. The molecule has 0 aliphatic carbocycles. The Morgan fingerprint density at radius 3 is 2.50 bits per heavy atom. The molecule has 0 N–H and O–H groups in total. The number of carbonyl (C=O) groups excluding carboxylic acids is 2. The van der Waals surface area contributed by atoms with Gasteiger partial charge in [-0.15, -0.1) is 0 Å². The van der Waals surface area contributed by atoms with E-state index in [0.717, 1.165) is 4.42 Å². The molecule has 6 heteroatoms. The summed E-state index contributed by atoms with van der Waals surface area (Å²) in [7, 11) is 1.29. The Balaban J connectivity index is 2.69. The number of methoxy groups -OCH3 is 1. The summed E-state index contributed by atoms with van der Waals surface area (Å²) in [5.74, 6) is 2.17. The molecule has 1 rings (SSSR count). The largest absolute Gasteiger partial charge is 0.480 e. The van der Waals surface area contributed by atoms with E-state index in [2.05, 4.69) is 16.7 Å². The summed E-state index contributed by atoms with van der Waals surface area (Å²) in [4.78, 5) is 23.4. The molecule has 5 nitrogen and oxygen atoms in total. The van der Waals surface area contributed by atoms with Crippen LogP contribution in [0.15, 0.2) is 24.3 Å². The molecule has 0 spiro atoms. The zero-order valence-electron chi connectivity index (χ0n) is 13.0. The minimum atomic E-state index is -0.616. The van der Waals surface area contributed by atoms with E-state index in [1.807, 2.05) is 0 Å². The molecule has 0 atom stereocenters. The molecule has 0 saturated heterocycles. The molecule has 118 valence electrons. The third-order valence-electron chi connectivity index (χ3n) is 2.59. The second-order valence-corrected chi connectivity index (χ2v) is 5.74. The van der Waals surface area contributed by atoms with Crippen LogP contribution >= 0.6 is 11.8 Å². The standard InChI is InChI=1S/C16H18ClNO4/c1-16(2,3)15(20)18(17)10-7-11-22-13-9-6-5-8-12(13)14(19)21-4/h5-6,8-9H,11H2,1-4H3. The summed E-state index contributed by atoms with van der Waals surface area (Å²) in [6.07, 6.45) is 0. The van der Waals surface area contributed by atoms with Crippen LogP contribution in [0.5, 0.6) is 5.75 Å². The maximum absolute atomic E-state index is 11.8. The Bertz CT molecular complexity index is 611. The van der Waals surface area contributed by atoms with Crippen molar-refractivity contribution in [2.75, 3.05) is 13.7 Å². The van der Waals surface area contributed by atoms with Gasteiger partial charge in [0.2, 0.25) is 0 Å². The van der Waals surface area contributed by atoms with Crippen molar-refractivity contribution < 1.29 is 19.1 Å². The number of halogens is 1. The van der Waals surface area contributed by atoms with Crippen molar-refractivity contribution in [1.29, 1.82) is 0 Å². The predicted molar refractivity (Wildman–Crippen MR) is 83.2 cm³/mol. The van der Waals surface area contributed by atoms with Crippen molar-refractivity contribution in [3.05, 3.63) is 29.8 Å². The van der Waals surface area contributed by atoms with Crippen molar-refractivity contribution in [3.8, 4) is 17.7 Å². The smallest absolute Gasteiger partial charge is 0.341 e. The highest BCUT2D eigenvalue weighted by atomic mass is 35.5. The van der Waals surface area contributed by atoms with E-state index in [4.69, 9.17) is 16.5 Å². The monoisotopic (exact) mass is 323 g/mol. The fourth-order valence-corrected chi connectivity index (χ4v) is 1.75. The van der Waals surface area contributed by atoms with Gasteiger partial charge in [-0.2, -0.15) is 4.42 Å². The van der Waals surface area contributed by atoms with Gasteiger partial charge in [0, 0.05) is 23.2 Å². The van der Waals surface area contributed by atoms with Crippen LogP contribution in [0.3, 0.4) is 0 Å². The number of hydrogen-bond acceptors (Lipinski definition) is 4. The van der Waals surface area contributed by atoms with Crippen LogP contribution in [0.2, 0.25) is 0 Å². The number of rotatable bonds is 3. The van der Waals surface area contributed by atoms with Crippen LogP contribution in [-0.2, 0) is 9.53 Å². The van der Waals surface area contributed by atoms with Crippen LogP contribution in [0.4, 0.5) is 0 Å². The van der Waals surface area contributed by atoms with Crippen molar-refractivity contribution in [2.45, 2.75) is 20.8 Å². The molecule has 0 unspecified atom stereocenters. The van der Waals surface area contributed by atoms with Crippen LogP contribution in [0.1, 0.15) is 31.1 Å². The molecule has 1 aromatic carbocycles. The topological polar surface area (TPSA) is 55.8 Å². The third-order valence-corrected chi connectivity index (χ3v) is 2.83. The second-order valence-electron chi connectivity index (χ2n) is 5.40. The Morgan fingerprint density at radius 2 is 1.91 bits per heavy atom. The quantitative estimate of drug-likeness (QED) is 0.371. The molecule has 0 heterocycles. The van der Waals surface area contributed by atoms with Gasteiger partial charge in [-0.25, -0.2) is 4.79 Å². The van der Waals surface area contributed by atoms with Gasteiger partial charge in [0.1, 0.15) is 11.3 Å². The number of carbonyl (C=O) groups is 2. The lowest BCUT2D eigenvalue weighted by molar-refractivity contribution is -0.132. The van der Waals surface area contributed by atoms with E-state index in [1.165, 1.54) is 7.11 Å². The normalized spacial score (nSPS) is 10.2. The van der Waals surface area contributed by atoms with Gasteiger partial charge < -0.3 is 9.47 Å². The SMILES string of the molecule is COC(=O)c1ccccc1OCC#CN(Cl)C(=O)C(C)(C)C. The Labute approximate surface area is 135 Å². The van der Waals surface area contributed by atoms with Crippen molar-refractivity contribution in [3.63, 3.8) is 0 Å². The summed E-state index contributed by atoms with van der Waals surface area (Å²) in [5.41, 5.74) is -0.310. The minimum absolute atomic E-state index is 0.0192. The molecule has 1 amide bonds. The maximum atomic E-state index is 11.8. The molecule has 1 aromatic rings. The average Bonchev–Trinajstić information content (AvgIpc) is 2.49. The summed E-state index contributed by atoms with van der Waals surface area (Å²) >= 11 is 5.78. The van der Waals surface area contributed by atoms with Crippen LogP contribution in [0.25, 0.3) is 0 Å². The number of para-hydroxylation sites is 1. The van der Waals surface area contributed by atoms with Gasteiger partial charge in [0.15, 0.2) is 6.61 Å². The summed E-state index contributed by atoms with van der Waals surface area (Å²) < 4.78 is 10.9. The molecule has 0 fully saturated rings. The summed E-state index contributed by atoms with van der Waals surface area (Å²) in [5, 5.41) is 0. The molecular weight excluding hydrogens is 306 g/mol. The Kier molecular flexibility index (Phi) is 6.26. The number of hydrogen-bond donors (Lipinski definition) is 0.